The Morgan fingerprint density at radius 2 is 2.12 bits per heavy atom. The SMILES string of the molecule is COc1ccc(C(=O)NCc2sc(-c3ccco3)nc2C)c(OC)c1. The van der Waals surface area contributed by atoms with Crippen molar-refractivity contribution in [1.82, 2.24) is 10.3 Å². The molecule has 25 heavy (non-hydrogen) atoms. The predicted octanol–water partition coefficient (Wildman–Crippen LogP) is 3.66. The van der Waals surface area contributed by atoms with E-state index < -0.39 is 0 Å². The van der Waals surface area contributed by atoms with Crippen LogP contribution in [0.25, 0.3) is 10.8 Å². The Morgan fingerprint density at radius 1 is 1.28 bits per heavy atom. The number of aromatic nitrogens is 1. The molecule has 0 aliphatic rings. The second-order valence-electron chi connectivity index (χ2n) is 5.25. The van der Waals surface area contributed by atoms with Crippen molar-refractivity contribution in [3.05, 3.63) is 52.7 Å². The first-order valence-corrected chi connectivity index (χ1v) is 8.44. The molecule has 3 rings (SSSR count). The summed E-state index contributed by atoms with van der Waals surface area (Å²) in [6.07, 6.45) is 1.61. The monoisotopic (exact) mass is 358 g/mol. The molecule has 3 aromatic rings. The van der Waals surface area contributed by atoms with Crippen LogP contribution in [0.1, 0.15) is 20.9 Å². The van der Waals surface area contributed by atoms with E-state index in [2.05, 4.69) is 10.3 Å². The Hall–Kier alpha value is -2.80. The Bertz CT molecular complexity index is 871. The van der Waals surface area contributed by atoms with Crippen LogP contribution in [0.5, 0.6) is 11.5 Å². The van der Waals surface area contributed by atoms with Crippen molar-refractivity contribution >= 4 is 17.2 Å². The highest BCUT2D eigenvalue weighted by molar-refractivity contribution is 7.15. The number of nitrogens with zero attached hydrogens (tertiary/aromatic N) is 1. The van der Waals surface area contributed by atoms with Gasteiger partial charge in [-0.3, -0.25) is 4.79 Å². The molecule has 0 radical (unpaired) electrons. The van der Waals surface area contributed by atoms with Gasteiger partial charge >= 0.3 is 0 Å². The van der Waals surface area contributed by atoms with Crippen LogP contribution in [0, 0.1) is 6.92 Å². The number of hydrogen-bond acceptors (Lipinski definition) is 6. The number of rotatable bonds is 6. The number of aryl methyl sites for hydroxylation is 1. The second-order valence-corrected chi connectivity index (χ2v) is 6.34. The minimum Gasteiger partial charge on any atom is -0.497 e. The zero-order chi connectivity index (χ0) is 17.8. The van der Waals surface area contributed by atoms with Crippen molar-refractivity contribution in [2.45, 2.75) is 13.5 Å². The quantitative estimate of drug-likeness (QED) is 0.728. The lowest BCUT2D eigenvalue weighted by molar-refractivity contribution is 0.0948. The first kappa shape index (κ1) is 17.0. The van der Waals surface area contributed by atoms with Gasteiger partial charge in [-0.05, 0) is 31.2 Å². The fourth-order valence-corrected chi connectivity index (χ4v) is 3.31. The molecule has 0 saturated carbocycles. The van der Waals surface area contributed by atoms with Crippen molar-refractivity contribution < 1.29 is 18.7 Å². The predicted molar refractivity (Wildman–Crippen MR) is 95.3 cm³/mol. The number of hydrogen-bond donors (Lipinski definition) is 1. The molecule has 0 saturated heterocycles. The van der Waals surface area contributed by atoms with Crippen LogP contribution in [0.2, 0.25) is 0 Å². The van der Waals surface area contributed by atoms with Crippen molar-refractivity contribution in [3.63, 3.8) is 0 Å². The second kappa shape index (κ2) is 7.40. The molecule has 0 aliphatic heterocycles. The minimum absolute atomic E-state index is 0.216. The summed E-state index contributed by atoms with van der Waals surface area (Å²) in [5, 5.41) is 3.71. The van der Waals surface area contributed by atoms with E-state index in [1.165, 1.54) is 18.4 Å². The fraction of sp³-hybridized carbons (Fsp3) is 0.222. The van der Waals surface area contributed by atoms with Crippen LogP contribution in [0.15, 0.2) is 41.0 Å². The third-order valence-corrected chi connectivity index (χ3v) is 4.86. The normalized spacial score (nSPS) is 10.5. The molecule has 130 valence electrons. The van der Waals surface area contributed by atoms with Crippen LogP contribution in [0.4, 0.5) is 0 Å². The third kappa shape index (κ3) is 3.66. The molecular weight excluding hydrogens is 340 g/mol. The van der Waals surface area contributed by atoms with Crippen molar-refractivity contribution in [2.24, 2.45) is 0 Å². The molecule has 2 heterocycles. The number of thiazole rings is 1. The Labute approximate surface area is 149 Å². The maximum Gasteiger partial charge on any atom is 0.255 e. The molecule has 1 aromatic carbocycles. The number of methoxy groups -OCH3 is 2. The molecule has 2 aromatic heterocycles. The molecule has 6 nitrogen and oxygen atoms in total. The average Bonchev–Trinajstić information content (AvgIpc) is 3.28. The molecule has 1 N–H and O–H groups in total. The number of carbonyl (C=O) groups excluding carboxylic acids is 1. The van der Waals surface area contributed by atoms with Gasteiger partial charge in [-0.1, -0.05) is 0 Å². The molecule has 0 unspecified atom stereocenters. The number of benzene rings is 1. The van der Waals surface area contributed by atoms with Crippen LogP contribution in [-0.4, -0.2) is 25.1 Å². The van der Waals surface area contributed by atoms with Crippen LogP contribution in [0.3, 0.4) is 0 Å². The fourth-order valence-electron chi connectivity index (χ4n) is 2.34. The summed E-state index contributed by atoms with van der Waals surface area (Å²) in [7, 11) is 3.09. The highest BCUT2D eigenvalue weighted by Gasteiger charge is 2.16. The van der Waals surface area contributed by atoms with E-state index in [-0.39, 0.29) is 5.91 Å². The van der Waals surface area contributed by atoms with E-state index in [0.29, 0.717) is 23.6 Å². The van der Waals surface area contributed by atoms with E-state index >= 15 is 0 Å². The smallest absolute Gasteiger partial charge is 0.255 e. The molecule has 0 bridgehead atoms. The zero-order valence-corrected chi connectivity index (χ0v) is 15.0. The van der Waals surface area contributed by atoms with Crippen LogP contribution < -0.4 is 14.8 Å². The van der Waals surface area contributed by atoms with Gasteiger partial charge in [0.1, 0.15) is 11.5 Å². The van der Waals surface area contributed by atoms with Gasteiger partial charge in [-0.15, -0.1) is 11.3 Å². The van der Waals surface area contributed by atoms with E-state index in [9.17, 15) is 4.79 Å². The van der Waals surface area contributed by atoms with Gasteiger partial charge in [0, 0.05) is 10.9 Å². The summed E-state index contributed by atoms with van der Waals surface area (Å²) in [4.78, 5) is 17.9. The molecule has 0 fully saturated rings. The third-order valence-electron chi connectivity index (χ3n) is 3.69. The number of amides is 1. The zero-order valence-electron chi connectivity index (χ0n) is 14.2. The highest BCUT2D eigenvalue weighted by atomic mass is 32.1. The number of ether oxygens (including phenoxy) is 2. The van der Waals surface area contributed by atoms with E-state index in [1.807, 2.05) is 19.1 Å². The van der Waals surface area contributed by atoms with Crippen molar-refractivity contribution in [3.8, 4) is 22.3 Å². The standard InChI is InChI=1S/C18H18N2O4S/c1-11-16(25-18(20-11)14-5-4-8-24-14)10-19-17(21)13-7-6-12(22-2)9-15(13)23-3/h4-9H,10H2,1-3H3,(H,19,21). The van der Waals surface area contributed by atoms with Gasteiger partial charge in [0.25, 0.3) is 5.91 Å². The van der Waals surface area contributed by atoms with Gasteiger partial charge in [-0.25, -0.2) is 4.98 Å². The summed E-state index contributed by atoms with van der Waals surface area (Å²) in [6, 6.07) is 8.78. The van der Waals surface area contributed by atoms with Crippen molar-refractivity contribution in [2.75, 3.05) is 14.2 Å². The Morgan fingerprint density at radius 3 is 2.80 bits per heavy atom. The molecule has 0 aliphatic carbocycles. The number of carbonyl (C=O) groups is 1. The van der Waals surface area contributed by atoms with Gasteiger partial charge < -0.3 is 19.2 Å². The first-order chi connectivity index (χ1) is 12.1. The average molecular weight is 358 g/mol. The topological polar surface area (TPSA) is 73.6 Å². The van der Waals surface area contributed by atoms with Crippen LogP contribution >= 0.6 is 11.3 Å². The Balaban J connectivity index is 1.73. The highest BCUT2D eigenvalue weighted by Crippen LogP contribution is 2.28. The maximum atomic E-state index is 12.5. The van der Waals surface area contributed by atoms with E-state index in [0.717, 1.165) is 21.3 Å². The molecule has 0 spiro atoms. The minimum atomic E-state index is -0.216. The van der Waals surface area contributed by atoms with Gasteiger partial charge in [0.05, 0.1) is 38.3 Å². The molecular formula is C18H18N2O4S. The van der Waals surface area contributed by atoms with Crippen molar-refractivity contribution in [1.29, 1.82) is 0 Å². The number of furan rings is 1. The summed E-state index contributed by atoms with van der Waals surface area (Å²) in [6.45, 7) is 2.30. The largest absolute Gasteiger partial charge is 0.497 e. The van der Waals surface area contributed by atoms with Gasteiger partial charge in [0.15, 0.2) is 10.8 Å². The van der Waals surface area contributed by atoms with Crippen LogP contribution in [-0.2, 0) is 6.54 Å². The van der Waals surface area contributed by atoms with E-state index in [1.54, 1.807) is 31.6 Å². The maximum absolute atomic E-state index is 12.5. The summed E-state index contributed by atoms with van der Waals surface area (Å²) < 4.78 is 15.8. The molecule has 7 heteroatoms. The lowest BCUT2D eigenvalue weighted by Crippen LogP contribution is -2.23. The Kier molecular flexibility index (Phi) is 5.04. The molecule has 1 amide bonds. The lowest BCUT2D eigenvalue weighted by Gasteiger charge is -2.10. The summed E-state index contributed by atoms with van der Waals surface area (Å²) >= 11 is 1.50. The number of nitrogens with one attached hydrogen (secondary N) is 1. The summed E-state index contributed by atoms with van der Waals surface area (Å²) in [5.74, 6) is 1.61. The summed E-state index contributed by atoms with van der Waals surface area (Å²) in [5.41, 5.74) is 1.33. The lowest BCUT2D eigenvalue weighted by atomic mass is 10.1. The van der Waals surface area contributed by atoms with Gasteiger partial charge in [0.2, 0.25) is 0 Å². The van der Waals surface area contributed by atoms with E-state index in [4.69, 9.17) is 13.9 Å². The first-order valence-electron chi connectivity index (χ1n) is 7.62. The van der Waals surface area contributed by atoms with Gasteiger partial charge in [-0.2, -0.15) is 0 Å². The molecule has 0 atom stereocenters.